The molecule has 4 rings (SSSR count). The van der Waals surface area contributed by atoms with E-state index in [2.05, 4.69) is 24.9 Å². The molecule has 8 heteroatoms. The second kappa shape index (κ2) is 8.71. The van der Waals surface area contributed by atoms with Crippen molar-refractivity contribution in [3.05, 3.63) is 66.5 Å². The van der Waals surface area contributed by atoms with Crippen LogP contribution in [0.1, 0.15) is 25.1 Å². The summed E-state index contributed by atoms with van der Waals surface area (Å²) in [7, 11) is -3.61. The molecule has 2 heterocycles. The van der Waals surface area contributed by atoms with Crippen LogP contribution in [-0.2, 0) is 10.0 Å². The van der Waals surface area contributed by atoms with Crippen LogP contribution in [-0.4, -0.2) is 31.5 Å². The van der Waals surface area contributed by atoms with E-state index in [1.54, 1.807) is 42.5 Å². The number of piperidine rings is 1. The lowest BCUT2D eigenvalue weighted by Crippen LogP contribution is -2.30. The summed E-state index contributed by atoms with van der Waals surface area (Å²) in [6.45, 7) is 3.93. The van der Waals surface area contributed by atoms with Crippen LogP contribution in [0.4, 0.5) is 23.0 Å². The number of sulfonamides is 1. The van der Waals surface area contributed by atoms with Crippen molar-refractivity contribution in [2.75, 3.05) is 28.0 Å². The van der Waals surface area contributed by atoms with Gasteiger partial charge in [-0.05, 0) is 62.6 Å². The molecule has 2 aromatic carbocycles. The van der Waals surface area contributed by atoms with Crippen molar-refractivity contribution in [3.8, 4) is 0 Å². The van der Waals surface area contributed by atoms with Crippen LogP contribution in [0.5, 0.6) is 0 Å². The van der Waals surface area contributed by atoms with Gasteiger partial charge in [-0.3, -0.25) is 4.72 Å². The SMILES string of the molecule is Cc1nc(Nc2ccc(NS(=O)(=O)c3ccccc3)cc2)cc(N2CCCCC2)n1. The molecule has 0 saturated carbocycles. The highest BCUT2D eigenvalue weighted by Gasteiger charge is 2.15. The Labute approximate surface area is 177 Å². The van der Waals surface area contributed by atoms with Gasteiger partial charge in [0.1, 0.15) is 17.5 Å². The van der Waals surface area contributed by atoms with Crippen molar-refractivity contribution in [3.63, 3.8) is 0 Å². The van der Waals surface area contributed by atoms with Crippen LogP contribution < -0.4 is 14.9 Å². The highest BCUT2D eigenvalue weighted by atomic mass is 32.2. The fourth-order valence-electron chi connectivity index (χ4n) is 3.48. The van der Waals surface area contributed by atoms with Gasteiger partial charge in [0.15, 0.2) is 0 Å². The van der Waals surface area contributed by atoms with E-state index < -0.39 is 10.0 Å². The van der Waals surface area contributed by atoms with E-state index >= 15 is 0 Å². The minimum absolute atomic E-state index is 0.230. The van der Waals surface area contributed by atoms with Gasteiger partial charge in [-0.1, -0.05) is 18.2 Å². The minimum Gasteiger partial charge on any atom is -0.356 e. The van der Waals surface area contributed by atoms with Crippen molar-refractivity contribution in [2.24, 2.45) is 0 Å². The quantitative estimate of drug-likeness (QED) is 0.614. The van der Waals surface area contributed by atoms with Gasteiger partial charge in [0.25, 0.3) is 10.0 Å². The molecule has 1 aromatic heterocycles. The molecule has 0 atom stereocenters. The Morgan fingerprint density at radius 3 is 2.23 bits per heavy atom. The minimum atomic E-state index is -3.61. The van der Waals surface area contributed by atoms with Gasteiger partial charge in [-0.25, -0.2) is 18.4 Å². The number of aromatic nitrogens is 2. The summed E-state index contributed by atoms with van der Waals surface area (Å²) in [6, 6.07) is 17.4. The fourth-order valence-corrected chi connectivity index (χ4v) is 4.56. The van der Waals surface area contributed by atoms with E-state index in [1.165, 1.54) is 19.3 Å². The Kier molecular flexibility index (Phi) is 5.85. The number of aryl methyl sites for hydroxylation is 1. The number of anilines is 4. The first kappa shape index (κ1) is 20.2. The summed E-state index contributed by atoms with van der Waals surface area (Å²) in [5, 5.41) is 3.29. The van der Waals surface area contributed by atoms with Gasteiger partial charge in [-0.2, -0.15) is 0 Å². The van der Waals surface area contributed by atoms with E-state index in [0.717, 1.165) is 30.4 Å². The first-order chi connectivity index (χ1) is 14.5. The predicted octanol–water partition coefficient (Wildman–Crippen LogP) is 4.32. The molecule has 2 N–H and O–H groups in total. The van der Waals surface area contributed by atoms with Gasteiger partial charge in [0.05, 0.1) is 4.90 Å². The lowest BCUT2D eigenvalue weighted by molar-refractivity contribution is 0.572. The fraction of sp³-hybridized carbons (Fsp3) is 0.273. The smallest absolute Gasteiger partial charge is 0.261 e. The summed E-state index contributed by atoms with van der Waals surface area (Å²) in [4.78, 5) is 11.6. The maximum absolute atomic E-state index is 12.5. The highest BCUT2D eigenvalue weighted by Crippen LogP contribution is 2.24. The maximum Gasteiger partial charge on any atom is 0.261 e. The van der Waals surface area contributed by atoms with Crippen molar-refractivity contribution in [1.29, 1.82) is 0 Å². The largest absolute Gasteiger partial charge is 0.356 e. The molecular formula is C22H25N5O2S. The molecule has 0 radical (unpaired) electrons. The van der Waals surface area contributed by atoms with Gasteiger partial charge < -0.3 is 10.2 Å². The molecule has 0 spiro atoms. The van der Waals surface area contributed by atoms with Crippen LogP contribution in [0.15, 0.2) is 65.6 Å². The molecular weight excluding hydrogens is 398 g/mol. The van der Waals surface area contributed by atoms with Gasteiger partial charge in [-0.15, -0.1) is 0 Å². The molecule has 0 unspecified atom stereocenters. The topological polar surface area (TPSA) is 87.2 Å². The van der Waals surface area contributed by atoms with Gasteiger partial charge in [0, 0.05) is 30.5 Å². The first-order valence-electron chi connectivity index (χ1n) is 10.1. The Balaban J connectivity index is 1.47. The molecule has 0 bridgehead atoms. The summed E-state index contributed by atoms with van der Waals surface area (Å²) < 4.78 is 27.5. The molecule has 30 heavy (non-hydrogen) atoms. The van der Waals surface area contributed by atoms with Gasteiger partial charge >= 0.3 is 0 Å². The molecule has 156 valence electrons. The third-order valence-electron chi connectivity index (χ3n) is 4.97. The van der Waals surface area contributed by atoms with Gasteiger partial charge in [0.2, 0.25) is 0 Å². The number of hydrogen-bond donors (Lipinski definition) is 2. The molecule has 7 nitrogen and oxygen atoms in total. The van der Waals surface area contributed by atoms with E-state index in [9.17, 15) is 8.42 Å². The molecule has 1 fully saturated rings. The Morgan fingerprint density at radius 2 is 1.53 bits per heavy atom. The zero-order valence-electron chi connectivity index (χ0n) is 16.9. The van der Waals surface area contributed by atoms with Crippen LogP contribution in [0.2, 0.25) is 0 Å². The number of nitrogens with zero attached hydrogens (tertiary/aromatic N) is 3. The Bertz CT molecular complexity index is 1100. The van der Waals surface area contributed by atoms with Crippen LogP contribution in [0.25, 0.3) is 0 Å². The third-order valence-corrected chi connectivity index (χ3v) is 6.36. The Morgan fingerprint density at radius 1 is 0.867 bits per heavy atom. The number of benzene rings is 2. The lowest BCUT2D eigenvalue weighted by atomic mass is 10.1. The molecule has 1 aliphatic heterocycles. The molecule has 0 aliphatic carbocycles. The maximum atomic E-state index is 12.5. The number of rotatable bonds is 6. The van der Waals surface area contributed by atoms with Crippen LogP contribution in [0, 0.1) is 6.92 Å². The lowest BCUT2D eigenvalue weighted by Gasteiger charge is -2.28. The number of hydrogen-bond acceptors (Lipinski definition) is 6. The Hall–Kier alpha value is -3.13. The van der Waals surface area contributed by atoms with E-state index in [0.29, 0.717) is 11.5 Å². The molecule has 3 aromatic rings. The highest BCUT2D eigenvalue weighted by molar-refractivity contribution is 7.92. The predicted molar refractivity (Wildman–Crippen MR) is 120 cm³/mol. The monoisotopic (exact) mass is 423 g/mol. The standard InChI is InChI=1S/C22H25N5O2S/c1-17-23-21(16-22(24-17)27-14-6-3-7-15-27)25-18-10-12-19(13-11-18)26-30(28,29)20-8-4-2-5-9-20/h2,4-5,8-13,16,26H,3,6-7,14-15H2,1H3,(H,23,24,25). The third kappa shape index (κ3) is 4.88. The van der Waals surface area contributed by atoms with Crippen molar-refractivity contribution >= 4 is 33.0 Å². The van der Waals surface area contributed by atoms with Crippen molar-refractivity contribution < 1.29 is 8.42 Å². The van der Waals surface area contributed by atoms with Crippen molar-refractivity contribution in [1.82, 2.24) is 9.97 Å². The zero-order chi connectivity index (χ0) is 21.0. The summed E-state index contributed by atoms with van der Waals surface area (Å²) in [5.74, 6) is 2.38. The van der Waals surface area contributed by atoms with E-state index in [1.807, 2.05) is 25.1 Å². The summed E-state index contributed by atoms with van der Waals surface area (Å²) >= 11 is 0. The van der Waals surface area contributed by atoms with Crippen LogP contribution in [0.3, 0.4) is 0 Å². The number of nitrogens with one attached hydrogen (secondary N) is 2. The zero-order valence-corrected chi connectivity index (χ0v) is 17.7. The molecule has 1 aliphatic rings. The summed E-state index contributed by atoms with van der Waals surface area (Å²) in [6.07, 6.45) is 3.64. The molecule has 0 amide bonds. The molecule has 1 saturated heterocycles. The average Bonchev–Trinajstić information content (AvgIpc) is 2.76. The normalized spacial score (nSPS) is 14.4. The first-order valence-corrected chi connectivity index (χ1v) is 11.5. The van der Waals surface area contributed by atoms with E-state index in [-0.39, 0.29) is 4.90 Å². The van der Waals surface area contributed by atoms with Crippen LogP contribution >= 0.6 is 0 Å². The second-order valence-corrected chi connectivity index (χ2v) is 9.01. The van der Waals surface area contributed by atoms with E-state index in [4.69, 9.17) is 0 Å². The summed E-state index contributed by atoms with van der Waals surface area (Å²) in [5.41, 5.74) is 1.32. The van der Waals surface area contributed by atoms with Crippen molar-refractivity contribution in [2.45, 2.75) is 31.1 Å². The average molecular weight is 424 g/mol. The second-order valence-electron chi connectivity index (χ2n) is 7.33.